The second-order valence-electron chi connectivity index (χ2n) is 2.33. The van der Waals surface area contributed by atoms with E-state index < -0.39 is 5.69 Å². The largest absolute Gasteiger partial charge is 0.380 e. The van der Waals surface area contributed by atoms with Crippen molar-refractivity contribution in [2.45, 2.75) is 19.8 Å². The lowest BCUT2D eigenvalue weighted by Crippen LogP contribution is -2.17. The molecule has 1 aromatic rings. The molecule has 1 aromatic heterocycles. The summed E-state index contributed by atoms with van der Waals surface area (Å²) in [5.41, 5.74) is -0.531. The summed E-state index contributed by atoms with van der Waals surface area (Å²) >= 11 is 0. The van der Waals surface area contributed by atoms with Crippen molar-refractivity contribution < 1.29 is 0 Å². The molecule has 0 aromatic carbocycles. The molecule has 0 aliphatic carbocycles. The Kier molecular flexibility index (Phi) is 3.18. The first-order valence-corrected chi connectivity index (χ1v) is 3.86. The number of rotatable bonds is 4. The van der Waals surface area contributed by atoms with Crippen LogP contribution in [0.3, 0.4) is 0 Å². The molecule has 0 aliphatic rings. The molecule has 1 heterocycles. The van der Waals surface area contributed by atoms with E-state index in [1.165, 1.54) is 0 Å². The molecular formula is C6H11N5O. The summed E-state index contributed by atoms with van der Waals surface area (Å²) in [5, 5.41) is 15.5. The summed E-state index contributed by atoms with van der Waals surface area (Å²) in [6.45, 7) is 2.89. The molecule has 0 saturated carbocycles. The SMILES string of the molecule is CCCCNc1nnc(=O)[nH]n1. The number of hydrogen-bond donors (Lipinski definition) is 2. The second kappa shape index (κ2) is 4.42. The minimum absolute atomic E-state index is 0.364. The summed E-state index contributed by atoms with van der Waals surface area (Å²) < 4.78 is 0. The molecule has 12 heavy (non-hydrogen) atoms. The minimum Gasteiger partial charge on any atom is -0.352 e. The maximum absolute atomic E-state index is 10.4. The van der Waals surface area contributed by atoms with Gasteiger partial charge in [-0.15, -0.1) is 10.2 Å². The van der Waals surface area contributed by atoms with Crippen LogP contribution in [0, 0.1) is 0 Å². The predicted molar refractivity (Wildman–Crippen MR) is 43.8 cm³/mol. The highest BCUT2D eigenvalue weighted by Gasteiger charge is 1.93. The van der Waals surface area contributed by atoms with E-state index in [0.29, 0.717) is 5.95 Å². The zero-order chi connectivity index (χ0) is 8.81. The quantitative estimate of drug-likeness (QED) is 0.608. The van der Waals surface area contributed by atoms with Crippen LogP contribution < -0.4 is 11.0 Å². The number of H-pyrrole nitrogens is 1. The van der Waals surface area contributed by atoms with Crippen molar-refractivity contribution in [1.29, 1.82) is 0 Å². The van der Waals surface area contributed by atoms with Gasteiger partial charge in [0.15, 0.2) is 0 Å². The van der Waals surface area contributed by atoms with Crippen molar-refractivity contribution in [3.63, 3.8) is 0 Å². The lowest BCUT2D eigenvalue weighted by Gasteiger charge is -1.99. The van der Waals surface area contributed by atoms with Gasteiger partial charge in [0.2, 0.25) is 0 Å². The number of anilines is 1. The number of nitrogens with zero attached hydrogens (tertiary/aromatic N) is 3. The van der Waals surface area contributed by atoms with Crippen molar-refractivity contribution in [2.75, 3.05) is 11.9 Å². The third-order valence-electron chi connectivity index (χ3n) is 1.31. The Bertz CT molecular complexity index is 263. The number of unbranched alkanes of at least 4 members (excludes halogenated alkanes) is 1. The summed E-state index contributed by atoms with van der Waals surface area (Å²) in [6, 6.07) is 0. The minimum atomic E-state index is -0.531. The van der Waals surface area contributed by atoms with Gasteiger partial charge < -0.3 is 5.32 Å². The summed E-state index contributed by atoms with van der Waals surface area (Å²) in [7, 11) is 0. The molecule has 0 unspecified atom stereocenters. The highest BCUT2D eigenvalue weighted by Crippen LogP contribution is 1.90. The Morgan fingerprint density at radius 1 is 1.50 bits per heavy atom. The molecule has 0 saturated heterocycles. The van der Waals surface area contributed by atoms with E-state index >= 15 is 0 Å². The Balaban J connectivity index is 2.42. The summed E-state index contributed by atoms with van der Waals surface area (Å²) in [4.78, 5) is 10.4. The number of nitrogens with one attached hydrogen (secondary N) is 2. The van der Waals surface area contributed by atoms with Gasteiger partial charge in [-0.05, 0) is 6.42 Å². The molecule has 66 valence electrons. The second-order valence-corrected chi connectivity index (χ2v) is 2.33. The van der Waals surface area contributed by atoms with Crippen molar-refractivity contribution in [2.24, 2.45) is 0 Å². The maximum atomic E-state index is 10.4. The molecule has 6 heteroatoms. The van der Waals surface area contributed by atoms with Crippen LogP contribution in [0.25, 0.3) is 0 Å². The normalized spacial score (nSPS) is 9.75. The molecule has 0 radical (unpaired) electrons. The maximum Gasteiger partial charge on any atom is 0.380 e. The molecule has 0 bridgehead atoms. The van der Waals surface area contributed by atoms with Gasteiger partial charge in [-0.3, -0.25) is 0 Å². The van der Waals surface area contributed by atoms with Gasteiger partial charge in [-0.1, -0.05) is 18.4 Å². The van der Waals surface area contributed by atoms with Crippen LogP contribution in [0.1, 0.15) is 19.8 Å². The molecule has 0 atom stereocenters. The fourth-order valence-corrected chi connectivity index (χ4v) is 0.690. The van der Waals surface area contributed by atoms with Gasteiger partial charge in [-0.2, -0.15) is 0 Å². The third-order valence-corrected chi connectivity index (χ3v) is 1.31. The van der Waals surface area contributed by atoms with E-state index in [9.17, 15) is 4.79 Å². The highest BCUT2D eigenvalue weighted by atomic mass is 16.1. The molecular weight excluding hydrogens is 158 g/mol. The van der Waals surface area contributed by atoms with Crippen molar-refractivity contribution in [1.82, 2.24) is 20.4 Å². The van der Waals surface area contributed by atoms with Crippen molar-refractivity contribution in [3.8, 4) is 0 Å². The zero-order valence-electron chi connectivity index (χ0n) is 6.87. The standard InChI is InChI=1S/C6H11N5O/c1-2-3-4-7-5-8-10-6(12)11-9-5/h2-4H2,1H3,(H,7,8,9)(H,10,11,12). The van der Waals surface area contributed by atoms with E-state index in [1.807, 2.05) is 0 Å². The molecule has 0 fully saturated rings. The first-order valence-electron chi connectivity index (χ1n) is 3.86. The molecule has 0 spiro atoms. The monoisotopic (exact) mass is 169 g/mol. The first-order chi connectivity index (χ1) is 5.83. The van der Waals surface area contributed by atoms with E-state index in [1.54, 1.807) is 0 Å². The van der Waals surface area contributed by atoms with Crippen LogP contribution in [0.2, 0.25) is 0 Å². The van der Waals surface area contributed by atoms with Gasteiger partial charge in [-0.25, -0.2) is 9.89 Å². The summed E-state index contributed by atoms with van der Waals surface area (Å²) in [6.07, 6.45) is 2.15. The Labute approximate surface area is 69.4 Å². The molecule has 1 rings (SSSR count). The van der Waals surface area contributed by atoms with E-state index in [0.717, 1.165) is 19.4 Å². The van der Waals surface area contributed by atoms with Crippen LogP contribution in [0.4, 0.5) is 5.95 Å². The predicted octanol–water partition coefficient (Wildman–Crippen LogP) is -0.228. The Hall–Kier alpha value is -1.46. The van der Waals surface area contributed by atoms with Crippen LogP contribution in [-0.4, -0.2) is 26.9 Å². The fourth-order valence-electron chi connectivity index (χ4n) is 0.690. The smallest absolute Gasteiger partial charge is 0.352 e. The van der Waals surface area contributed by atoms with Gasteiger partial charge in [0.05, 0.1) is 0 Å². The molecule has 0 aliphatic heterocycles. The number of hydrogen-bond acceptors (Lipinski definition) is 5. The molecule has 6 nitrogen and oxygen atoms in total. The van der Waals surface area contributed by atoms with E-state index in [-0.39, 0.29) is 0 Å². The summed E-state index contributed by atoms with van der Waals surface area (Å²) in [5.74, 6) is 0.364. The van der Waals surface area contributed by atoms with Crippen LogP contribution in [-0.2, 0) is 0 Å². The van der Waals surface area contributed by atoms with E-state index in [4.69, 9.17) is 0 Å². The number of aromatic nitrogens is 4. The van der Waals surface area contributed by atoms with E-state index in [2.05, 4.69) is 32.6 Å². The lowest BCUT2D eigenvalue weighted by molar-refractivity contribution is 0.780. The van der Waals surface area contributed by atoms with Gasteiger partial charge in [0.25, 0.3) is 5.95 Å². The van der Waals surface area contributed by atoms with Crippen LogP contribution >= 0.6 is 0 Å². The zero-order valence-corrected chi connectivity index (χ0v) is 6.87. The average molecular weight is 169 g/mol. The van der Waals surface area contributed by atoms with Crippen molar-refractivity contribution in [3.05, 3.63) is 10.5 Å². The average Bonchev–Trinajstić information content (AvgIpc) is 2.09. The lowest BCUT2D eigenvalue weighted by atomic mass is 10.3. The van der Waals surface area contributed by atoms with Crippen LogP contribution in [0.15, 0.2) is 4.79 Å². The Morgan fingerprint density at radius 3 is 2.92 bits per heavy atom. The van der Waals surface area contributed by atoms with Gasteiger partial charge in [0.1, 0.15) is 0 Å². The van der Waals surface area contributed by atoms with Gasteiger partial charge in [0, 0.05) is 6.54 Å². The molecule has 0 amide bonds. The molecule has 2 N–H and O–H groups in total. The van der Waals surface area contributed by atoms with Crippen molar-refractivity contribution >= 4 is 5.95 Å². The third kappa shape index (κ3) is 2.65. The fraction of sp³-hybridized carbons (Fsp3) is 0.667. The topological polar surface area (TPSA) is 83.6 Å². The number of aromatic amines is 1. The first kappa shape index (κ1) is 8.63. The Morgan fingerprint density at radius 2 is 2.33 bits per heavy atom. The van der Waals surface area contributed by atoms with Crippen LogP contribution in [0.5, 0.6) is 0 Å². The van der Waals surface area contributed by atoms with Gasteiger partial charge >= 0.3 is 5.69 Å². The highest BCUT2D eigenvalue weighted by molar-refractivity contribution is 5.17.